The van der Waals surface area contributed by atoms with Crippen molar-refractivity contribution in [3.8, 4) is 11.5 Å². The van der Waals surface area contributed by atoms with E-state index >= 15 is 0 Å². The van der Waals surface area contributed by atoms with Crippen LogP contribution in [0, 0.1) is 6.92 Å². The minimum absolute atomic E-state index is 0.518. The van der Waals surface area contributed by atoms with E-state index in [4.69, 9.17) is 18.9 Å². The number of nitrogens with one attached hydrogen (secondary N) is 2. The maximum Gasteiger partial charge on any atom is 0.191 e. The third-order valence-electron chi connectivity index (χ3n) is 4.56. The lowest BCUT2D eigenvalue weighted by Gasteiger charge is -2.16. The van der Waals surface area contributed by atoms with E-state index in [1.54, 1.807) is 21.3 Å². The molecule has 0 atom stereocenters. The summed E-state index contributed by atoms with van der Waals surface area (Å²) >= 11 is 0. The number of guanidine groups is 1. The van der Waals surface area contributed by atoms with Crippen LogP contribution in [0.15, 0.2) is 47.5 Å². The van der Waals surface area contributed by atoms with Crippen molar-refractivity contribution >= 4 is 5.96 Å². The van der Waals surface area contributed by atoms with Gasteiger partial charge in [0.1, 0.15) is 18.1 Å². The van der Waals surface area contributed by atoms with Crippen LogP contribution in [0.1, 0.15) is 23.1 Å². The number of nitrogens with zero attached hydrogens (tertiary/aromatic N) is 1. The Morgan fingerprint density at radius 2 is 1.68 bits per heavy atom. The number of aryl methyl sites for hydroxylation is 1. The van der Waals surface area contributed by atoms with Gasteiger partial charge in [-0.15, -0.1) is 0 Å². The van der Waals surface area contributed by atoms with E-state index < -0.39 is 0 Å². The topological polar surface area (TPSA) is 73.3 Å². The summed E-state index contributed by atoms with van der Waals surface area (Å²) in [7, 11) is 5.12. The summed E-state index contributed by atoms with van der Waals surface area (Å²) < 4.78 is 21.8. The highest BCUT2D eigenvalue weighted by molar-refractivity contribution is 5.79. The van der Waals surface area contributed by atoms with Gasteiger partial charge in [-0.1, -0.05) is 24.3 Å². The molecule has 0 heterocycles. The Labute approximate surface area is 185 Å². The molecule has 0 saturated carbocycles. The highest BCUT2D eigenvalue weighted by Crippen LogP contribution is 2.20. The predicted octanol–water partition coefficient (Wildman–Crippen LogP) is 3.30. The molecule has 2 rings (SSSR count). The van der Waals surface area contributed by atoms with Crippen LogP contribution in [-0.2, 0) is 22.6 Å². The van der Waals surface area contributed by atoms with Crippen molar-refractivity contribution < 1.29 is 18.9 Å². The Bertz CT molecular complexity index is 811. The van der Waals surface area contributed by atoms with Crippen LogP contribution >= 0.6 is 0 Å². The molecule has 0 saturated heterocycles. The summed E-state index contributed by atoms with van der Waals surface area (Å²) in [6, 6.07) is 14.2. The minimum atomic E-state index is 0.518. The second kappa shape index (κ2) is 14.3. The third kappa shape index (κ3) is 9.27. The monoisotopic (exact) mass is 429 g/mol. The lowest BCUT2D eigenvalue weighted by atomic mass is 10.1. The molecule has 0 bridgehead atoms. The van der Waals surface area contributed by atoms with Crippen LogP contribution in [-0.4, -0.2) is 53.7 Å². The standard InChI is InChI=1S/C24H35N3O4/c1-19-9-10-21(23(15-19)31-14-13-29-4)18-27-24(25-2)26-17-20-7-5-8-22(16-20)30-12-6-11-28-3/h5,7-10,15-16H,6,11-14,17-18H2,1-4H3,(H2,25,26,27). The first-order valence-electron chi connectivity index (χ1n) is 10.5. The van der Waals surface area contributed by atoms with E-state index in [2.05, 4.69) is 40.7 Å². The summed E-state index contributed by atoms with van der Waals surface area (Å²) in [4.78, 5) is 4.32. The summed E-state index contributed by atoms with van der Waals surface area (Å²) in [6.45, 7) is 5.70. The maximum atomic E-state index is 5.87. The molecule has 0 amide bonds. The zero-order chi connectivity index (χ0) is 22.3. The zero-order valence-corrected chi connectivity index (χ0v) is 19.1. The first-order chi connectivity index (χ1) is 15.2. The quantitative estimate of drug-likeness (QED) is 0.289. The summed E-state index contributed by atoms with van der Waals surface area (Å²) in [5.74, 6) is 2.43. The van der Waals surface area contributed by atoms with E-state index in [1.165, 1.54) is 0 Å². The van der Waals surface area contributed by atoms with Gasteiger partial charge in [0.15, 0.2) is 5.96 Å². The van der Waals surface area contributed by atoms with Crippen LogP contribution in [0.25, 0.3) is 0 Å². The lowest BCUT2D eigenvalue weighted by Crippen LogP contribution is -2.36. The highest BCUT2D eigenvalue weighted by atomic mass is 16.5. The van der Waals surface area contributed by atoms with Crippen molar-refractivity contribution in [2.24, 2.45) is 4.99 Å². The number of rotatable bonds is 13. The molecule has 7 heteroatoms. The van der Waals surface area contributed by atoms with Gasteiger partial charge >= 0.3 is 0 Å². The fourth-order valence-electron chi connectivity index (χ4n) is 2.90. The Kier molecular flexibility index (Phi) is 11.3. The summed E-state index contributed by atoms with van der Waals surface area (Å²) in [6.07, 6.45) is 0.867. The number of hydrogen-bond donors (Lipinski definition) is 2. The molecule has 170 valence electrons. The number of benzene rings is 2. The van der Waals surface area contributed by atoms with Gasteiger partial charge in [0, 0.05) is 52.9 Å². The molecule has 2 aromatic rings. The van der Waals surface area contributed by atoms with Gasteiger partial charge in [0.25, 0.3) is 0 Å². The smallest absolute Gasteiger partial charge is 0.191 e. The normalized spacial score (nSPS) is 11.3. The number of aliphatic imine (C=N–C) groups is 1. The lowest BCUT2D eigenvalue weighted by molar-refractivity contribution is 0.145. The average Bonchev–Trinajstić information content (AvgIpc) is 2.78. The van der Waals surface area contributed by atoms with Gasteiger partial charge < -0.3 is 29.6 Å². The molecule has 0 aliphatic rings. The van der Waals surface area contributed by atoms with Gasteiger partial charge in [-0.3, -0.25) is 4.99 Å². The Morgan fingerprint density at radius 1 is 0.871 bits per heavy atom. The Hall–Kier alpha value is -2.77. The van der Waals surface area contributed by atoms with E-state index in [0.29, 0.717) is 39.5 Å². The Balaban J connectivity index is 1.87. The van der Waals surface area contributed by atoms with Crippen molar-refractivity contribution in [1.29, 1.82) is 0 Å². The van der Waals surface area contributed by atoms with Gasteiger partial charge in [0.05, 0.1) is 13.2 Å². The van der Waals surface area contributed by atoms with E-state index in [0.717, 1.165) is 40.6 Å². The molecule has 0 aliphatic heterocycles. The average molecular weight is 430 g/mol. The summed E-state index contributed by atoms with van der Waals surface area (Å²) in [5, 5.41) is 6.70. The first kappa shape index (κ1) is 24.5. The maximum absolute atomic E-state index is 5.87. The number of ether oxygens (including phenoxy) is 4. The van der Waals surface area contributed by atoms with Crippen LogP contribution in [0.3, 0.4) is 0 Å². The largest absolute Gasteiger partial charge is 0.493 e. The fraction of sp³-hybridized carbons (Fsp3) is 0.458. The zero-order valence-electron chi connectivity index (χ0n) is 19.1. The van der Waals surface area contributed by atoms with Gasteiger partial charge in [-0.2, -0.15) is 0 Å². The van der Waals surface area contributed by atoms with Crippen molar-refractivity contribution in [2.75, 3.05) is 47.7 Å². The fourth-order valence-corrected chi connectivity index (χ4v) is 2.90. The number of hydrogen-bond acceptors (Lipinski definition) is 5. The van der Waals surface area contributed by atoms with Gasteiger partial charge in [-0.25, -0.2) is 0 Å². The van der Waals surface area contributed by atoms with Crippen molar-refractivity contribution in [3.63, 3.8) is 0 Å². The molecule has 2 N–H and O–H groups in total. The molecule has 0 fully saturated rings. The molecule has 0 spiro atoms. The minimum Gasteiger partial charge on any atom is -0.493 e. The molecule has 31 heavy (non-hydrogen) atoms. The van der Waals surface area contributed by atoms with Crippen molar-refractivity contribution in [3.05, 3.63) is 59.2 Å². The SMILES string of the molecule is CN=C(NCc1cccc(OCCCOC)c1)NCc1ccc(C)cc1OCCOC. The molecular formula is C24H35N3O4. The van der Waals surface area contributed by atoms with E-state index in [9.17, 15) is 0 Å². The third-order valence-corrected chi connectivity index (χ3v) is 4.56. The highest BCUT2D eigenvalue weighted by Gasteiger charge is 2.06. The predicted molar refractivity (Wildman–Crippen MR) is 124 cm³/mol. The second-order valence-electron chi connectivity index (χ2n) is 7.07. The molecule has 7 nitrogen and oxygen atoms in total. The Morgan fingerprint density at radius 3 is 2.45 bits per heavy atom. The van der Waals surface area contributed by atoms with Crippen molar-refractivity contribution in [1.82, 2.24) is 10.6 Å². The molecule has 0 unspecified atom stereocenters. The molecule has 2 aromatic carbocycles. The van der Waals surface area contributed by atoms with Crippen LogP contribution in [0.4, 0.5) is 0 Å². The summed E-state index contributed by atoms with van der Waals surface area (Å²) in [5.41, 5.74) is 3.34. The van der Waals surface area contributed by atoms with Gasteiger partial charge in [-0.05, 0) is 36.2 Å². The first-order valence-corrected chi connectivity index (χ1v) is 10.5. The molecular weight excluding hydrogens is 394 g/mol. The molecule has 0 radical (unpaired) electrons. The van der Waals surface area contributed by atoms with Crippen molar-refractivity contribution in [2.45, 2.75) is 26.4 Å². The van der Waals surface area contributed by atoms with Gasteiger partial charge in [0.2, 0.25) is 0 Å². The van der Waals surface area contributed by atoms with Crippen LogP contribution in [0.2, 0.25) is 0 Å². The molecule has 0 aliphatic carbocycles. The van der Waals surface area contributed by atoms with Crippen LogP contribution in [0.5, 0.6) is 11.5 Å². The number of methoxy groups -OCH3 is 2. The second-order valence-corrected chi connectivity index (χ2v) is 7.07. The molecule has 0 aromatic heterocycles. The van der Waals surface area contributed by atoms with E-state index in [-0.39, 0.29) is 0 Å². The van der Waals surface area contributed by atoms with E-state index in [1.807, 2.05) is 24.3 Å². The van der Waals surface area contributed by atoms with Crippen LogP contribution < -0.4 is 20.1 Å².